The molecule has 0 bridgehead atoms. The molecule has 1 heterocycles. The molecule has 0 aliphatic carbocycles. The lowest BCUT2D eigenvalue weighted by Crippen LogP contribution is -2.82. The largest absolute Gasteiger partial charge is 0.395 e. The standard InChI is InChI=1S/C47H93NO10/c1-3-5-7-9-11-13-15-17-18-19-20-21-22-24-26-28-30-32-34-36-41(52)44(54)46(56)45(55)43(53)42(38-50)58-47(46,57)48-39(37-49)40(51)35-33-31-29-27-25-23-16-14-12-10-8-6-4-2/h39-43,45,48-53,55-57H,3-38H2,1-2H3/t39-,40+,41?,42+,43+,45-,46-,47?/m0/s1. The molecule has 1 saturated heterocycles. The number of ether oxygens (including phenoxy) is 1. The fourth-order valence-corrected chi connectivity index (χ4v) is 8.52. The molecule has 1 aliphatic rings. The maximum Gasteiger partial charge on any atom is 0.266 e. The van der Waals surface area contributed by atoms with E-state index < -0.39 is 67.1 Å². The van der Waals surface area contributed by atoms with Crippen LogP contribution in [0, 0.1) is 0 Å². The van der Waals surface area contributed by atoms with Gasteiger partial charge in [-0.2, -0.15) is 0 Å². The second-order valence-electron chi connectivity index (χ2n) is 17.7. The Kier molecular flexibility index (Phi) is 33.2. The van der Waals surface area contributed by atoms with Crippen molar-refractivity contribution in [1.82, 2.24) is 5.32 Å². The summed E-state index contributed by atoms with van der Waals surface area (Å²) in [4.78, 5) is 13.6. The molecule has 9 N–H and O–H groups in total. The van der Waals surface area contributed by atoms with Crippen LogP contribution >= 0.6 is 0 Å². The van der Waals surface area contributed by atoms with E-state index in [9.17, 15) is 45.6 Å². The summed E-state index contributed by atoms with van der Waals surface area (Å²) in [6, 6.07) is -1.31. The summed E-state index contributed by atoms with van der Waals surface area (Å²) >= 11 is 0. The van der Waals surface area contributed by atoms with Crippen molar-refractivity contribution in [1.29, 1.82) is 0 Å². The molecule has 8 atom stereocenters. The van der Waals surface area contributed by atoms with Crippen LogP contribution in [0.15, 0.2) is 0 Å². The molecule has 1 fully saturated rings. The third-order valence-electron chi connectivity index (χ3n) is 12.6. The van der Waals surface area contributed by atoms with Gasteiger partial charge in [-0.1, -0.05) is 219 Å². The topological polar surface area (TPSA) is 200 Å². The van der Waals surface area contributed by atoms with Crippen LogP contribution in [0.4, 0.5) is 0 Å². The number of rotatable bonds is 41. The predicted octanol–water partition coefficient (Wildman–Crippen LogP) is 8.02. The number of hydrogen-bond acceptors (Lipinski definition) is 11. The predicted molar refractivity (Wildman–Crippen MR) is 233 cm³/mol. The van der Waals surface area contributed by atoms with E-state index in [-0.39, 0.29) is 12.8 Å². The summed E-state index contributed by atoms with van der Waals surface area (Å²) in [5, 5.41) is 89.1. The Labute approximate surface area is 354 Å². The summed E-state index contributed by atoms with van der Waals surface area (Å²) in [6.45, 7) is 2.89. The van der Waals surface area contributed by atoms with E-state index in [2.05, 4.69) is 19.2 Å². The molecule has 0 aromatic carbocycles. The Morgan fingerprint density at radius 2 is 0.879 bits per heavy atom. The average Bonchev–Trinajstić information content (AvgIpc) is 3.22. The van der Waals surface area contributed by atoms with Gasteiger partial charge in [0.25, 0.3) is 5.91 Å². The zero-order valence-corrected chi connectivity index (χ0v) is 37.3. The van der Waals surface area contributed by atoms with Crippen molar-refractivity contribution in [3.05, 3.63) is 0 Å². The lowest BCUT2D eigenvalue weighted by molar-refractivity contribution is -0.392. The van der Waals surface area contributed by atoms with Crippen LogP contribution in [0.1, 0.15) is 232 Å². The fraction of sp³-hybridized carbons (Fsp3) is 0.979. The fourth-order valence-electron chi connectivity index (χ4n) is 8.52. The van der Waals surface area contributed by atoms with Crippen LogP contribution in [0.2, 0.25) is 0 Å². The first kappa shape index (κ1) is 55.3. The number of nitrogens with one attached hydrogen (secondary N) is 1. The molecule has 1 rings (SSSR count). The van der Waals surface area contributed by atoms with E-state index in [4.69, 9.17) is 4.74 Å². The summed E-state index contributed by atoms with van der Waals surface area (Å²) in [6.07, 6.45) is 29.2. The molecule has 0 radical (unpaired) electrons. The summed E-state index contributed by atoms with van der Waals surface area (Å²) in [5.41, 5.74) is -3.28. The van der Waals surface area contributed by atoms with Crippen LogP contribution in [-0.2, 0) is 9.53 Å². The Morgan fingerprint density at radius 1 is 0.552 bits per heavy atom. The quantitative estimate of drug-likeness (QED) is 0.0214. The number of carbonyl (C=O) groups is 1. The van der Waals surface area contributed by atoms with E-state index in [0.29, 0.717) is 12.8 Å². The first-order chi connectivity index (χ1) is 28.0. The van der Waals surface area contributed by atoms with Gasteiger partial charge < -0.3 is 45.6 Å². The van der Waals surface area contributed by atoms with Gasteiger partial charge in [-0.25, -0.2) is 0 Å². The van der Waals surface area contributed by atoms with Crippen LogP contribution in [0.3, 0.4) is 0 Å². The van der Waals surface area contributed by atoms with Gasteiger partial charge in [0.2, 0.25) is 11.4 Å². The lowest BCUT2D eigenvalue weighted by atomic mass is 9.77. The highest BCUT2D eigenvalue weighted by atomic mass is 16.7. The van der Waals surface area contributed by atoms with Crippen molar-refractivity contribution in [2.75, 3.05) is 13.2 Å². The minimum Gasteiger partial charge on any atom is -0.395 e. The Balaban J connectivity index is 2.45. The molecule has 11 heteroatoms. The summed E-state index contributed by atoms with van der Waals surface area (Å²) in [5.74, 6) is -4.52. The normalized spacial score (nSPS) is 23.9. The zero-order valence-electron chi connectivity index (χ0n) is 37.3. The van der Waals surface area contributed by atoms with E-state index in [1.54, 1.807) is 0 Å². The number of ketones is 1. The maximum atomic E-state index is 13.6. The van der Waals surface area contributed by atoms with Crippen molar-refractivity contribution in [3.8, 4) is 0 Å². The second-order valence-corrected chi connectivity index (χ2v) is 17.7. The monoisotopic (exact) mass is 832 g/mol. The molecular weight excluding hydrogens is 739 g/mol. The highest BCUT2D eigenvalue weighted by molar-refractivity contribution is 5.92. The minimum atomic E-state index is -3.28. The first-order valence-electron chi connectivity index (χ1n) is 24.4. The molecule has 0 amide bonds. The molecule has 11 nitrogen and oxygen atoms in total. The molecule has 0 saturated carbocycles. The molecule has 0 aromatic rings. The number of aliphatic hydroxyl groups excluding tert-OH is 6. The van der Waals surface area contributed by atoms with Crippen molar-refractivity contribution in [3.63, 3.8) is 0 Å². The molecular formula is C47H93NO10. The zero-order chi connectivity index (χ0) is 42.9. The van der Waals surface area contributed by atoms with E-state index in [1.807, 2.05) is 0 Å². The van der Waals surface area contributed by atoms with E-state index in [0.717, 1.165) is 44.9 Å². The van der Waals surface area contributed by atoms with Crippen molar-refractivity contribution in [2.24, 2.45) is 0 Å². The van der Waals surface area contributed by atoms with Gasteiger partial charge in [-0.3, -0.25) is 10.1 Å². The number of aliphatic hydroxyl groups is 8. The van der Waals surface area contributed by atoms with Gasteiger partial charge in [0.05, 0.1) is 25.4 Å². The van der Waals surface area contributed by atoms with Gasteiger partial charge in [-0.05, 0) is 12.8 Å². The lowest BCUT2D eigenvalue weighted by Gasteiger charge is -2.53. The third kappa shape index (κ3) is 21.9. The van der Waals surface area contributed by atoms with Gasteiger partial charge in [0.1, 0.15) is 24.4 Å². The minimum absolute atomic E-state index is 0.0482. The maximum absolute atomic E-state index is 13.6. The van der Waals surface area contributed by atoms with E-state index >= 15 is 0 Å². The second kappa shape index (κ2) is 34.8. The molecule has 346 valence electrons. The summed E-state index contributed by atoms with van der Waals surface area (Å²) in [7, 11) is 0. The van der Waals surface area contributed by atoms with Crippen LogP contribution in [0.5, 0.6) is 0 Å². The highest BCUT2D eigenvalue weighted by Gasteiger charge is 2.69. The molecule has 0 spiro atoms. The van der Waals surface area contributed by atoms with Crippen molar-refractivity contribution >= 4 is 5.78 Å². The van der Waals surface area contributed by atoms with Gasteiger partial charge >= 0.3 is 0 Å². The Morgan fingerprint density at radius 3 is 1.21 bits per heavy atom. The van der Waals surface area contributed by atoms with Crippen LogP contribution < -0.4 is 5.32 Å². The smallest absolute Gasteiger partial charge is 0.266 e. The molecule has 1 aliphatic heterocycles. The Hall–Kier alpha value is -0.730. The highest BCUT2D eigenvalue weighted by Crippen LogP contribution is 2.38. The van der Waals surface area contributed by atoms with Crippen LogP contribution in [0.25, 0.3) is 0 Å². The van der Waals surface area contributed by atoms with E-state index in [1.165, 1.54) is 148 Å². The van der Waals surface area contributed by atoms with Gasteiger partial charge in [0.15, 0.2) is 0 Å². The number of unbranched alkanes of at least 4 members (excludes halogenated alkanes) is 30. The van der Waals surface area contributed by atoms with Crippen LogP contribution in [-0.4, -0.2) is 108 Å². The Bertz CT molecular complexity index is 960. The molecule has 58 heavy (non-hydrogen) atoms. The number of hydrogen-bond donors (Lipinski definition) is 9. The molecule has 2 unspecified atom stereocenters. The average molecular weight is 832 g/mol. The third-order valence-corrected chi connectivity index (χ3v) is 12.6. The van der Waals surface area contributed by atoms with Crippen molar-refractivity contribution < 1.29 is 50.4 Å². The van der Waals surface area contributed by atoms with Crippen molar-refractivity contribution in [2.45, 2.75) is 280 Å². The molecule has 0 aromatic heterocycles. The van der Waals surface area contributed by atoms with Gasteiger partial charge in [0, 0.05) is 0 Å². The number of carbonyl (C=O) groups excluding carboxylic acids is 1. The van der Waals surface area contributed by atoms with Gasteiger partial charge in [-0.15, -0.1) is 0 Å². The SMILES string of the molecule is CCCCCCCCCCCCCCCCCCCCCC(O)C(=O)[C@]1(O)[C@@H](O)[C@H](O)[C@@H](CO)OC1(O)N[C@@H](CO)[C@H](O)CCCCCCCCCCCCCCC. The first-order valence-corrected chi connectivity index (χ1v) is 24.4. The summed E-state index contributed by atoms with van der Waals surface area (Å²) < 4.78 is 5.42. The number of Topliss-reactive ketones (excluding diaryl/α,β-unsaturated/α-hetero) is 1.